The maximum Gasteiger partial charge on any atom is 0.168 e. The molecule has 0 aliphatic rings. The first-order chi connectivity index (χ1) is 11.7. The molecule has 0 radical (unpaired) electrons. The van der Waals surface area contributed by atoms with Gasteiger partial charge in [0, 0.05) is 19.4 Å². The average Bonchev–Trinajstić information content (AvgIpc) is 2.57. The smallest absolute Gasteiger partial charge is 0.168 e. The molecule has 0 aliphatic heterocycles. The van der Waals surface area contributed by atoms with Crippen molar-refractivity contribution in [2.75, 3.05) is 6.61 Å². The first kappa shape index (κ1) is 24.7. The molecule has 3 unspecified atom stereocenters. The topological polar surface area (TPSA) is 63.6 Å². The Balaban J connectivity index is 3.84. The van der Waals surface area contributed by atoms with E-state index in [2.05, 4.69) is 16.2 Å². The summed E-state index contributed by atoms with van der Waals surface area (Å²) in [6.45, 7) is 7.90. The van der Waals surface area contributed by atoms with Crippen LogP contribution >= 0.6 is 9.24 Å². The zero-order valence-corrected chi connectivity index (χ0v) is 17.9. The lowest BCUT2D eigenvalue weighted by molar-refractivity contribution is -0.136. The summed E-state index contributed by atoms with van der Waals surface area (Å²) in [5.74, 6) is 0.0493. The van der Waals surface area contributed by atoms with Crippen molar-refractivity contribution in [1.82, 2.24) is 0 Å². The first-order valence-corrected chi connectivity index (χ1v) is 10.5. The van der Waals surface area contributed by atoms with Gasteiger partial charge in [-0.1, -0.05) is 55.2 Å². The van der Waals surface area contributed by atoms with E-state index in [0.717, 1.165) is 32.1 Å². The zero-order valence-electron chi connectivity index (χ0n) is 16.7. The number of carbonyl (C=O) groups is 2. The predicted octanol–water partition coefficient (Wildman–Crippen LogP) is 4.81. The highest BCUT2D eigenvalue weighted by Crippen LogP contribution is 2.24. The van der Waals surface area contributed by atoms with Gasteiger partial charge in [-0.15, -0.1) is 0 Å². The molecule has 0 fully saturated rings. The number of unbranched alkanes of at least 4 members (excludes halogenated alkanes) is 6. The van der Waals surface area contributed by atoms with E-state index in [4.69, 9.17) is 4.74 Å². The molecule has 0 aromatic carbocycles. The Morgan fingerprint density at radius 1 is 0.880 bits per heavy atom. The molecule has 3 atom stereocenters. The minimum Gasteiger partial charge on any atom is -0.382 e. The van der Waals surface area contributed by atoms with Crippen LogP contribution in [0.3, 0.4) is 0 Å². The molecule has 0 rings (SSSR count). The average molecular weight is 375 g/mol. The van der Waals surface area contributed by atoms with Crippen molar-refractivity contribution < 1.29 is 19.4 Å². The second-order valence-corrected chi connectivity index (χ2v) is 8.51. The van der Waals surface area contributed by atoms with E-state index in [1.807, 2.05) is 13.8 Å². The molecular weight excluding hydrogens is 335 g/mol. The van der Waals surface area contributed by atoms with Crippen molar-refractivity contribution >= 4 is 20.8 Å². The third kappa shape index (κ3) is 11.1. The molecule has 25 heavy (non-hydrogen) atoms. The molecule has 5 heteroatoms. The monoisotopic (exact) mass is 374 g/mol. The number of hydrogen-bond acceptors (Lipinski definition) is 4. The molecule has 1 N–H and O–H groups in total. The highest BCUT2D eigenvalue weighted by Gasteiger charge is 2.28. The minimum absolute atomic E-state index is 0.0925. The molecule has 0 bridgehead atoms. The van der Waals surface area contributed by atoms with E-state index in [1.165, 1.54) is 19.3 Å². The molecule has 0 heterocycles. The summed E-state index contributed by atoms with van der Waals surface area (Å²) in [4.78, 5) is 24.0. The van der Waals surface area contributed by atoms with Crippen LogP contribution in [-0.4, -0.2) is 34.2 Å². The summed E-state index contributed by atoms with van der Waals surface area (Å²) in [6, 6.07) is 0. The molecular formula is C20H39O4P. The normalized spacial score (nSPS) is 16.2. The Morgan fingerprint density at radius 3 is 1.96 bits per heavy atom. The summed E-state index contributed by atoms with van der Waals surface area (Å²) in [7, 11) is 2.54. The number of hydrogen-bond donors (Lipinski definition) is 1. The maximum atomic E-state index is 12.2. The van der Waals surface area contributed by atoms with Gasteiger partial charge in [0.05, 0.1) is 0 Å². The van der Waals surface area contributed by atoms with Crippen molar-refractivity contribution in [2.24, 2.45) is 0 Å². The van der Waals surface area contributed by atoms with E-state index in [0.29, 0.717) is 25.9 Å². The Labute approximate surface area is 156 Å². The lowest BCUT2D eigenvalue weighted by atomic mass is 9.94. The minimum atomic E-state index is -1.20. The second-order valence-electron chi connectivity index (χ2n) is 7.40. The Hall–Kier alpha value is -0.310. The van der Waals surface area contributed by atoms with Crippen molar-refractivity contribution in [3.05, 3.63) is 0 Å². The molecule has 0 amide bonds. The molecule has 0 saturated carbocycles. The number of carbonyl (C=O) groups excluding carboxylic acids is 2. The summed E-state index contributed by atoms with van der Waals surface area (Å²) in [5, 5.41) is 9.07. The van der Waals surface area contributed by atoms with Gasteiger partial charge in [-0.3, -0.25) is 9.59 Å². The molecule has 0 spiro atoms. The Bertz CT molecular complexity index is 391. The quantitative estimate of drug-likeness (QED) is 0.311. The third-order valence-electron chi connectivity index (χ3n) is 4.80. The number of rotatable bonds is 16. The fourth-order valence-electron chi connectivity index (χ4n) is 2.53. The van der Waals surface area contributed by atoms with Crippen molar-refractivity contribution in [3.63, 3.8) is 0 Å². The summed E-state index contributed by atoms with van der Waals surface area (Å²) in [5.41, 5.74) is -1.20. The maximum absolute atomic E-state index is 12.2. The van der Waals surface area contributed by atoms with Gasteiger partial charge >= 0.3 is 0 Å². The van der Waals surface area contributed by atoms with Crippen molar-refractivity contribution in [1.29, 1.82) is 0 Å². The number of ketones is 2. The van der Waals surface area contributed by atoms with Crippen LogP contribution in [0.1, 0.15) is 98.3 Å². The summed E-state index contributed by atoms with van der Waals surface area (Å²) < 4.78 is 5.74. The van der Waals surface area contributed by atoms with Gasteiger partial charge in [-0.25, -0.2) is 0 Å². The molecule has 148 valence electrons. The van der Waals surface area contributed by atoms with Crippen LogP contribution in [0.4, 0.5) is 0 Å². The van der Waals surface area contributed by atoms with E-state index in [-0.39, 0.29) is 11.6 Å². The van der Waals surface area contributed by atoms with Crippen LogP contribution < -0.4 is 0 Å². The van der Waals surface area contributed by atoms with Gasteiger partial charge in [0.1, 0.15) is 10.9 Å². The van der Waals surface area contributed by atoms with Crippen molar-refractivity contribution in [3.8, 4) is 0 Å². The summed E-state index contributed by atoms with van der Waals surface area (Å²) in [6.07, 6.45) is 9.52. The number of Topliss-reactive ketones (excluding diaryl/α,β-unsaturated/α-hetero) is 2. The Morgan fingerprint density at radius 2 is 1.40 bits per heavy atom. The van der Waals surface area contributed by atoms with E-state index in [1.54, 1.807) is 6.92 Å². The van der Waals surface area contributed by atoms with Crippen LogP contribution in [0.5, 0.6) is 0 Å². The zero-order chi connectivity index (χ0) is 19.3. The standard InChI is InChI=1S/C20H39O4P/c1-5-7-8-9-11-15-18(22)20(4,25)24-16-13-10-12-14-17(21)19(3,23)6-2/h23H,5-16,25H2,1-4H3. The van der Waals surface area contributed by atoms with E-state index >= 15 is 0 Å². The second kappa shape index (κ2) is 12.9. The van der Waals surface area contributed by atoms with Crippen LogP contribution in [0, 0.1) is 0 Å². The largest absolute Gasteiger partial charge is 0.382 e. The van der Waals surface area contributed by atoms with Gasteiger partial charge in [0.2, 0.25) is 0 Å². The third-order valence-corrected chi connectivity index (χ3v) is 5.29. The predicted molar refractivity (Wildman–Crippen MR) is 107 cm³/mol. The van der Waals surface area contributed by atoms with E-state index in [9.17, 15) is 14.7 Å². The van der Waals surface area contributed by atoms with Gasteiger partial charge < -0.3 is 9.84 Å². The van der Waals surface area contributed by atoms with Gasteiger partial charge in [0.15, 0.2) is 11.6 Å². The molecule has 0 aliphatic carbocycles. The van der Waals surface area contributed by atoms with Crippen LogP contribution in [0.15, 0.2) is 0 Å². The van der Waals surface area contributed by atoms with E-state index < -0.39 is 10.9 Å². The van der Waals surface area contributed by atoms with Crippen LogP contribution in [-0.2, 0) is 14.3 Å². The van der Waals surface area contributed by atoms with Gasteiger partial charge in [-0.2, -0.15) is 0 Å². The lowest BCUT2D eigenvalue weighted by Crippen LogP contribution is -2.34. The fourth-order valence-corrected chi connectivity index (χ4v) is 2.80. The first-order valence-electron chi connectivity index (χ1n) is 9.89. The fraction of sp³-hybridized carbons (Fsp3) is 0.900. The van der Waals surface area contributed by atoms with Gasteiger partial charge in [-0.05, 0) is 39.5 Å². The highest BCUT2D eigenvalue weighted by atomic mass is 31.0. The molecule has 0 aromatic rings. The van der Waals surface area contributed by atoms with Crippen LogP contribution in [0.2, 0.25) is 0 Å². The van der Waals surface area contributed by atoms with Gasteiger partial charge in [0.25, 0.3) is 0 Å². The lowest BCUT2D eigenvalue weighted by Gasteiger charge is -2.24. The summed E-state index contributed by atoms with van der Waals surface area (Å²) >= 11 is 0. The van der Waals surface area contributed by atoms with Crippen LogP contribution in [0.25, 0.3) is 0 Å². The molecule has 0 saturated heterocycles. The Kier molecular flexibility index (Phi) is 12.8. The number of ether oxygens (including phenoxy) is 1. The number of aliphatic hydroxyl groups is 1. The molecule has 4 nitrogen and oxygen atoms in total. The molecule has 0 aromatic heterocycles. The SMILES string of the molecule is CCCCCCCC(=O)C(C)(P)OCCCCCC(=O)C(C)(O)CC. The highest BCUT2D eigenvalue weighted by molar-refractivity contribution is 7.20. The van der Waals surface area contributed by atoms with Crippen molar-refractivity contribution in [2.45, 2.75) is 109 Å².